The highest BCUT2D eigenvalue weighted by atomic mass is 19.4. The summed E-state index contributed by atoms with van der Waals surface area (Å²) >= 11 is 0. The van der Waals surface area contributed by atoms with Gasteiger partial charge < -0.3 is 5.73 Å². The molecule has 0 aromatic carbocycles. The van der Waals surface area contributed by atoms with Crippen LogP contribution in [0.5, 0.6) is 0 Å². The number of alkyl halides is 3. The van der Waals surface area contributed by atoms with Crippen molar-refractivity contribution in [2.75, 3.05) is 6.54 Å². The molecule has 1 rings (SSSR count). The highest BCUT2D eigenvalue weighted by Crippen LogP contribution is 2.31. The van der Waals surface area contributed by atoms with Crippen molar-refractivity contribution in [3.8, 4) is 0 Å². The van der Waals surface area contributed by atoms with Crippen molar-refractivity contribution in [1.82, 2.24) is 4.98 Å². The molecule has 0 saturated heterocycles. The molecule has 1 aromatic heterocycles. The Morgan fingerprint density at radius 3 is 2.71 bits per heavy atom. The maximum Gasteiger partial charge on any atom is 0.418 e. The van der Waals surface area contributed by atoms with E-state index >= 15 is 0 Å². The van der Waals surface area contributed by atoms with Crippen LogP contribution in [-0.2, 0) is 6.18 Å². The second-order valence-electron chi connectivity index (χ2n) is 2.57. The number of rotatable bonds is 2. The number of nitrogens with zero attached hydrogens (tertiary/aromatic N) is 1. The second kappa shape index (κ2) is 4.23. The molecule has 0 spiro atoms. The summed E-state index contributed by atoms with van der Waals surface area (Å²) in [6, 6.07) is 2.24. The van der Waals surface area contributed by atoms with Gasteiger partial charge >= 0.3 is 6.18 Å². The van der Waals surface area contributed by atoms with Gasteiger partial charge in [-0.15, -0.1) is 0 Å². The maximum atomic E-state index is 12.4. The first kappa shape index (κ1) is 10.7. The van der Waals surface area contributed by atoms with E-state index in [1.807, 2.05) is 0 Å². The Balaban J connectivity index is 3.10. The molecule has 2 nitrogen and oxygen atoms in total. The average molecular weight is 202 g/mol. The third kappa shape index (κ3) is 2.56. The van der Waals surface area contributed by atoms with Crippen molar-refractivity contribution >= 4 is 6.08 Å². The zero-order chi connectivity index (χ0) is 10.6. The fourth-order valence-electron chi connectivity index (χ4n) is 0.970. The van der Waals surface area contributed by atoms with Gasteiger partial charge in [-0.25, -0.2) is 0 Å². The molecule has 0 bridgehead atoms. The van der Waals surface area contributed by atoms with E-state index < -0.39 is 11.7 Å². The monoisotopic (exact) mass is 202 g/mol. The summed E-state index contributed by atoms with van der Waals surface area (Å²) < 4.78 is 37.1. The summed E-state index contributed by atoms with van der Waals surface area (Å²) in [5.74, 6) is 0. The van der Waals surface area contributed by atoms with Gasteiger partial charge in [0.05, 0.1) is 11.3 Å². The fourth-order valence-corrected chi connectivity index (χ4v) is 0.970. The fraction of sp³-hybridized carbons (Fsp3) is 0.222. The van der Waals surface area contributed by atoms with Crippen molar-refractivity contribution < 1.29 is 13.2 Å². The highest BCUT2D eigenvalue weighted by Gasteiger charge is 2.32. The molecule has 14 heavy (non-hydrogen) atoms. The van der Waals surface area contributed by atoms with Crippen LogP contribution in [0.2, 0.25) is 0 Å². The Labute approximate surface area is 79.3 Å². The third-order valence-electron chi connectivity index (χ3n) is 1.56. The van der Waals surface area contributed by atoms with E-state index in [1.54, 1.807) is 0 Å². The molecule has 1 heterocycles. The lowest BCUT2D eigenvalue weighted by Gasteiger charge is -2.08. The third-order valence-corrected chi connectivity index (χ3v) is 1.56. The number of halogens is 3. The molecule has 76 valence electrons. The Morgan fingerprint density at radius 1 is 1.43 bits per heavy atom. The average Bonchev–Trinajstić information content (AvgIpc) is 2.14. The first-order valence-electron chi connectivity index (χ1n) is 3.94. The summed E-state index contributed by atoms with van der Waals surface area (Å²) in [5.41, 5.74) is 4.29. The van der Waals surface area contributed by atoms with Crippen LogP contribution in [0.1, 0.15) is 11.3 Å². The van der Waals surface area contributed by atoms with E-state index in [1.165, 1.54) is 24.4 Å². The van der Waals surface area contributed by atoms with E-state index in [4.69, 9.17) is 5.73 Å². The van der Waals surface area contributed by atoms with Crippen LogP contribution in [0, 0.1) is 0 Å². The maximum absolute atomic E-state index is 12.4. The van der Waals surface area contributed by atoms with Gasteiger partial charge in [0.25, 0.3) is 0 Å². The van der Waals surface area contributed by atoms with Crippen molar-refractivity contribution in [2.24, 2.45) is 5.73 Å². The van der Waals surface area contributed by atoms with Gasteiger partial charge in [0, 0.05) is 12.7 Å². The molecule has 0 unspecified atom stereocenters. The summed E-state index contributed by atoms with van der Waals surface area (Å²) in [6.45, 7) is 0.188. The topological polar surface area (TPSA) is 38.9 Å². The summed E-state index contributed by atoms with van der Waals surface area (Å²) in [5, 5.41) is 0. The molecule has 0 radical (unpaired) electrons. The molecular formula is C9H9F3N2. The van der Waals surface area contributed by atoms with Gasteiger partial charge in [0.1, 0.15) is 0 Å². The lowest BCUT2D eigenvalue weighted by molar-refractivity contribution is -0.138. The van der Waals surface area contributed by atoms with Crippen molar-refractivity contribution in [3.63, 3.8) is 0 Å². The van der Waals surface area contributed by atoms with Gasteiger partial charge in [-0.3, -0.25) is 4.98 Å². The Hall–Kier alpha value is -1.36. The SMILES string of the molecule is NC/C=C/c1ncccc1C(F)(F)F. The Bertz CT molecular complexity index is 331. The highest BCUT2D eigenvalue weighted by molar-refractivity contribution is 5.50. The first-order valence-corrected chi connectivity index (χ1v) is 3.94. The molecule has 0 aliphatic rings. The van der Waals surface area contributed by atoms with Gasteiger partial charge in [-0.1, -0.05) is 6.08 Å². The molecule has 0 atom stereocenters. The van der Waals surface area contributed by atoms with Crippen molar-refractivity contribution in [2.45, 2.75) is 6.18 Å². The molecule has 0 aliphatic carbocycles. The number of hydrogen-bond acceptors (Lipinski definition) is 2. The zero-order valence-electron chi connectivity index (χ0n) is 7.25. The van der Waals surface area contributed by atoms with Crippen LogP contribution in [0.4, 0.5) is 13.2 Å². The largest absolute Gasteiger partial charge is 0.418 e. The molecule has 5 heteroatoms. The molecule has 1 aromatic rings. The van der Waals surface area contributed by atoms with Gasteiger partial charge in [0.2, 0.25) is 0 Å². The predicted octanol–water partition coefficient (Wildman–Crippen LogP) is 2.07. The van der Waals surface area contributed by atoms with Crippen molar-refractivity contribution in [1.29, 1.82) is 0 Å². The van der Waals surface area contributed by atoms with E-state index in [2.05, 4.69) is 4.98 Å². The van der Waals surface area contributed by atoms with Gasteiger partial charge in [-0.2, -0.15) is 13.2 Å². The number of nitrogens with two attached hydrogens (primary N) is 1. The minimum Gasteiger partial charge on any atom is -0.327 e. The van der Waals surface area contributed by atoms with E-state index in [9.17, 15) is 13.2 Å². The summed E-state index contributed by atoms with van der Waals surface area (Å²) in [4.78, 5) is 3.62. The van der Waals surface area contributed by atoms with E-state index in [0.29, 0.717) is 0 Å². The van der Waals surface area contributed by atoms with Crippen LogP contribution in [0.3, 0.4) is 0 Å². The van der Waals surface area contributed by atoms with Crippen LogP contribution >= 0.6 is 0 Å². The summed E-state index contributed by atoms with van der Waals surface area (Å²) in [6.07, 6.45) is -0.367. The van der Waals surface area contributed by atoms with Crippen LogP contribution in [0.25, 0.3) is 6.08 Å². The Kier molecular flexibility index (Phi) is 3.24. The van der Waals surface area contributed by atoms with Gasteiger partial charge in [-0.05, 0) is 18.2 Å². The lowest BCUT2D eigenvalue weighted by atomic mass is 10.2. The van der Waals surface area contributed by atoms with Crippen LogP contribution in [-0.4, -0.2) is 11.5 Å². The molecule has 0 amide bonds. The summed E-state index contributed by atoms with van der Waals surface area (Å²) in [7, 11) is 0. The number of aromatic nitrogens is 1. The zero-order valence-corrected chi connectivity index (χ0v) is 7.25. The Morgan fingerprint density at radius 2 is 2.14 bits per heavy atom. The lowest BCUT2D eigenvalue weighted by Crippen LogP contribution is -2.08. The van der Waals surface area contributed by atoms with Crippen molar-refractivity contribution in [3.05, 3.63) is 35.7 Å². The normalized spacial score (nSPS) is 12.3. The minimum absolute atomic E-state index is 0.106. The second-order valence-corrected chi connectivity index (χ2v) is 2.57. The van der Waals surface area contributed by atoms with E-state index in [0.717, 1.165) is 6.07 Å². The predicted molar refractivity (Wildman–Crippen MR) is 47.3 cm³/mol. The molecule has 0 aliphatic heterocycles. The van der Waals surface area contributed by atoms with Crippen LogP contribution < -0.4 is 5.73 Å². The number of hydrogen-bond donors (Lipinski definition) is 1. The van der Waals surface area contributed by atoms with E-state index in [-0.39, 0.29) is 12.2 Å². The minimum atomic E-state index is -4.37. The molecule has 2 N–H and O–H groups in total. The molecule has 0 fully saturated rings. The first-order chi connectivity index (χ1) is 6.55. The number of pyridine rings is 1. The smallest absolute Gasteiger partial charge is 0.327 e. The van der Waals surface area contributed by atoms with Crippen LogP contribution in [0.15, 0.2) is 24.4 Å². The molecular weight excluding hydrogens is 193 g/mol. The quantitative estimate of drug-likeness (QED) is 0.797. The molecule has 0 saturated carbocycles. The van der Waals surface area contributed by atoms with Gasteiger partial charge in [0.15, 0.2) is 0 Å². The standard InChI is InChI=1S/C9H9F3N2/c10-9(11,12)7-3-2-6-14-8(7)4-1-5-13/h1-4,6H,5,13H2/b4-1+.